The van der Waals surface area contributed by atoms with E-state index >= 15 is 0 Å². The molecule has 0 radical (unpaired) electrons. The van der Waals surface area contributed by atoms with Gasteiger partial charge in [-0.25, -0.2) is 12.8 Å². The predicted octanol–water partition coefficient (Wildman–Crippen LogP) is 1.36. The average Bonchev–Trinajstić information content (AvgIpc) is 2.12. The highest BCUT2D eigenvalue weighted by atomic mass is 32.2. The van der Waals surface area contributed by atoms with Crippen molar-refractivity contribution in [3.8, 4) is 0 Å². The highest BCUT2D eigenvalue weighted by molar-refractivity contribution is 7.90. The standard InChI is InChI=1S/C10H11FO3S/c1-15(13,14)10-6-8(3-2-4-12)5-9(11)7-10/h4-7H,2-3H2,1H3. The van der Waals surface area contributed by atoms with E-state index in [1.54, 1.807) is 0 Å². The number of benzene rings is 1. The molecule has 15 heavy (non-hydrogen) atoms. The summed E-state index contributed by atoms with van der Waals surface area (Å²) in [5, 5.41) is 0. The molecule has 0 unspecified atom stereocenters. The van der Waals surface area contributed by atoms with Gasteiger partial charge in [-0.1, -0.05) is 0 Å². The highest BCUT2D eigenvalue weighted by Crippen LogP contribution is 2.15. The number of sulfone groups is 1. The van der Waals surface area contributed by atoms with Crippen molar-refractivity contribution < 1.29 is 17.6 Å². The van der Waals surface area contributed by atoms with Crippen LogP contribution in [0.15, 0.2) is 23.1 Å². The number of carbonyl (C=O) groups excluding carboxylic acids is 1. The van der Waals surface area contributed by atoms with Crippen molar-refractivity contribution in [2.45, 2.75) is 17.7 Å². The number of hydrogen-bond donors (Lipinski definition) is 0. The van der Waals surface area contributed by atoms with Crippen LogP contribution in [0.4, 0.5) is 4.39 Å². The number of carbonyl (C=O) groups is 1. The fourth-order valence-electron chi connectivity index (χ4n) is 1.20. The van der Waals surface area contributed by atoms with E-state index in [0.717, 1.165) is 12.3 Å². The molecule has 5 heteroatoms. The van der Waals surface area contributed by atoms with E-state index in [2.05, 4.69) is 0 Å². The van der Waals surface area contributed by atoms with Crippen LogP contribution in [0, 0.1) is 5.82 Å². The van der Waals surface area contributed by atoms with Gasteiger partial charge in [-0.15, -0.1) is 0 Å². The van der Waals surface area contributed by atoms with Crippen molar-refractivity contribution in [1.82, 2.24) is 0 Å². The van der Waals surface area contributed by atoms with Crippen LogP contribution < -0.4 is 0 Å². The first-order valence-corrected chi connectivity index (χ1v) is 6.26. The van der Waals surface area contributed by atoms with Crippen LogP contribution in [0.25, 0.3) is 0 Å². The quantitative estimate of drug-likeness (QED) is 0.734. The van der Waals surface area contributed by atoms with E-state index in [0.29, 0.717) is 18.3 Å². The Labute approximate surface area is 87.8 Å². The molecule has 1 rings (SSSR count). The van der Waals surface area contributed by atoms with Gasteiger partial charge in [0.05, 0.1) is 4.90 Å². The first-order valence-electron chi connectivity index (χ1n) is 4.36. The van der Waals surface area contributed by atoms with Crippen molar-refractivity contribution in [3.05, 3.63) is 29.6 Å². The topological polar surface area (TPSA) is 51.2 Å². The molecule has 0 N–H and O–H groups in total. The second kappa shape index (κ2) is 4.53. The summed E-state index contributed by atoms with van der Waals surface area (Å²) >= 11 is 0. The lowest BCUT2D eigenvalue weighted by molar-refractivity contribution is -0.107. The van der Waals surface area contributed by atoms with Crippen molar-refractivity contribution in [2.24, 2.45) is 0 Å². The molecule has 0 saturated heterocycles. The molecule has 0 atom stereocenters. The van der Waals surface area contributed by atoms with E-state index in [1.165, 1.54) is 12.1 Å². The van der Waals surface area contributed by atoms with Crippen LogP contribution >= 0.6 is 0 Å². The SMILES string of the molecule is CS(=O)(=O)c1cc(F)cc(CCC=O)c1. The average molecular weight is 230 g/mol. The van der Waals surface area contributed by atoms with E-state index in [-0.39, 0.29) is 11.3 Å². The van der Waals surface area contributed by atoms with E-state index in [4.69, 9.17) is 0 Å². The second-order valence-electron chi connectivity index (χ2n) is 3.27. The van der Waals surface area contributed by atoms with Gasteiger partial charge in [-0.3, -0.25) is 0 Å². The molecule has 0 fully saturated rings. The third kappa shape index (κ3) is 3.43. The Morgan fingerprint density at radius 1 is 1.33 bits per heavy atom. The van der Waals surface area contributed by atoms with E-state index < -0.39 is 15.7 Å². The first kappa shape index (κ1) is 11.8. The molecule has 0 heterocycles. The molecule has 0 aromatic heterocycles. The van der Waals surface area contributed by atoms with E-state index in [1.807, 2.05) is 0 Å². The smallest absolute Gasteiger partial charge is 0.175 e. The van der Waals surface area contributed by atoms with Gasteiger partial charge >= 0.3 is 0 Å². The van der Waals surface area contributed by atoms with Gasteiger partial charge in [0.25, 0.3) is 0 Å². The second-order valence-corrected chi connectivity index (χ2v) is 5.29. The lowest BCUT2D eigenvalue weighted by Gasteiger charge is -2.03. The Morgan fingerprint density at radius 2 is 2.00 bits per heavy atom. The van der Waals surface area contributed by atoms with Gasteiger partial charge in [0.2, 0.25) is 0 Å². The summed E-state index contributed by atoms with van der Waals surface area (Å²) in [7, 11) is -3.40. The molecule has 82 valence electrons. The van der Waals surface area contributed by atoms with Crippen molar-refractivity contribution in [3.63, 3.8) is 0 Å². The predicted molar refractivity (Wildman–Crippen MR) is 53.9 cm³/mol. The Kier molecular flexibility index (Phi) is 3.57. The van der Waals surface area contributed by atoms with Gasteiger partial charge in [0.15, 0.2) is 9.84 Å². The molecule has 1 aromatic carbocycles. The minimum Gasteiger partial charge on any atom is -0.303 e. The van der Waals surface area contributed by atoms with Crippen LogP contribution in [0.2, 0.25) is 0 Å². The fourth-order valence-corrected chi connectivity index (χ4v) is 1.90. The summed E-state index contributed by atoms with van der Waals surface area (Å²) < 4.78 is 35.4. The van der Waals surface area contributed by atoms with Gasteiger partial charge in [0, 0.05) is 12.7 Å². The molecule has 0 amide bonds. The maximum Gasteiger partial charge on any atom is 0.175 e. The molecule has 0 saturated carbocycles. The van der Waals surface area contributed by atoms with Crippen molar-refractivity contribution in [2.75, 3.05) is 6.26 Å². The lowest BCUT2D eigenvalue weighted by Crippen LogP contribution is -2.00. The minimum absolute atomic E-state index is 0.0524. The van der Waals surface area contributed by atoms with Crippen LogP contribution in [0.1, 0.15) is 12.0 Å². The summed E-state index contributed by atoms with van der Waals surface area (Å²) in [6, 6.07) is 3.60. The maximum atomic E-state index is 13.0. The zero-order valence-electron chi connectivity index (χ0n) is 8.23. The molecular formula is C10H11FO3S. The highest BCUT2D eigenvalue weighted by Gasteiger charge is 2.09. The Bertz CT molecular complexity index is 466. The molecule has 0 aliphatic carbocycles. The molecular weight excluding hydrogens is 219 g/mol. The van der Waals surface area contributed by atoms with Crippen LogP contribution in [-0.4, -0.2) is 21.0 Å². The van der Waals surface area contributed by atoms with Crippen LogP contribution in [0.5, 0.6) is 0 Å². The minimum atomic E-state index is -3.40. The normalized spacial score (nSPS) is 11.3. The zero-order valence-corrected chi connectivity index (χ0v) is 9.05. The molecule has 0 aliphatic heterocycles. The van der Waals surface area contributed by atoms with Gasteiger partial charge in [-0.05, 0) is 30.2 Å². The number of aryl methyl sites for hydroxylation is 1. The van der Waals surface area contributed by atoms with Crippen LogP contribution in [0.3, 0.4) is 0 Å². The number of aldehydes is 1. The molecule has 0 bridgehead atoms. The van der Waals surface area contributed by atoms with Gasteiger partial charge in [-0.2, -0.15) is 0 Å². The summed E-state index contributed by atoms with van der Waals surface area (Å²) in [6.07, 6.45) is 2.34. The fraction of sp³-hybridized carbons (Fsp3) is 0.300. The maximum absolute atomic E-state index is 13.0. The van der Waals surface area contributed by atoms with Crippen LogP contribution in [-0.2, 0) is 21.1 Å². The lowest BCUT2D eigenvalue weighted by atomic mass is 10.1. The number of halogens is 1. The third-order valence-corrected chi connectivity index (χ3v) is 3.00. The molecule has 1 aromatic rings. The number of rotatable bonds is 4. The summed E-state index contributed by atoms with van der Waals surface area (Å²) in [4.78, 5) is 10.1. The summed E-state index contributed by atoms with van der Waals surface area (Å²) in [5.74, 6) is -0.598. The first-order chi connectivity index (χ1) is 6.93. The Hall–Kier alpha value is -1.23. The summed E-state index contributed by atoms with van der Waals surface area (Å²) in [5.41, 5.74) is 0.516. The third-order valence-electron chi connectivity index (χ3n) is 1.91. The van der Waals surface area contributed by atoms with Gasteiger partial charge in [0.1, 0.15) is 12.1 Å². The monoisotopic (exact) mass is 230 g/mol. The number of hydrogen-bond acceptors (Lipinski definition) is 3. The zero-order chi connectivity index (χ0) is 11.5. The van der Waals surface area contributed by atoms with Gasteiger partial charge < -0.3 is 4.79 Å². The van der Waals surface area contributed by atoms with Crippen molar-refractivity contribution >= 4 is 16.1 Å². The molecule has 0 aliphatic rings. The van der Waals surface area contributed by atoms with E-state index in [9.17, 15) is 17.6 Å². The Morgan fingerprint density at radius 3 is 2.53 bits per heavy atom. The molecule has 3 nitrogen and oxygen atoms in total. The van der Waals surface area contributed by atoms with Crippen molar-refractivity contribution in [1.29, 1.82) is 0 Å². The molecule has 0 spiro atoms. The largest absolute Gasteiger partial charge is 0.303 e. The Balaban J connectivity index is 3.11. The summed E-state index contributed by atoms with van der Waals surface area (Å²) in [6.45, 7) is 0.